The predicted octanol–water partition coefficient (Wildman–Crippen LogP) is 3.85. The molecular weight excluding hydrogens is 439 g/mol. The molecule has 1 saturated heterocycles. The van der Waals surface area contributed by atoms with E-state index in [4.69, 9.17) is 4.74 Å². The predicted molar refractivity (Wildman–Crippen MR) is 119 cm³/mol. The summed E-state index contributed by atoms with van der Waals surface area (Å²) in [6.45, 7) is 9.25. The maximum absolute atomic E-state index is 12.9. The molecule has 2 rings (SSSR count). The summed E-state index contributed by atoms with van der Waals surface area (Å²) in [4.78, 5) is 25.6. The molecule has 1 aliphatic rings. The van der Waals surface area contributed by atoms with E-state index < -0.39 is 12.4 Å². The topological polar surface area (TPSA) is 88.7 Å². The van der Waals surface area contributed by atoms with E-state index in [1.165, 1.54) is 24.3 Å². The van der Waals surface area contributed by atoms with Gasteiger partial charge in [0, 0.05) is 37.4 Å². The van der Waals surface area contributed by atoms with Crippen molar-refractivity contribution in [1.82, 2.24) is 10.6 Å². The Morgan fingerprint density at radius 2 is 1.70 bits per heavy atom. The summed E-state index contributed by atoms with van der Waals surface area (Å²) in [7, 11) is 0. The molecule has 33 heavy (non-hydrogen) atoms. The second-order valence-corrected chi connectivity index (χ2v) is 9.58. The van der Waals surface area contributed by atoms with Gasteiger partial charge in [-0.1, -0.05) is 20.8 Å². The Kier molecular flexibility index (Phi) is 9.39. The lowest BCUT2D eigenvalue weighted by Gasteiger charge is -2.29. The van der Waals surface area contributed by atoms with Crippen molar-refractivity contribution in [2.45, 2.75) is 65.4 Å². The lowest BCUT2D eigenvalue weighted by Crippen LogP contribution is -2.53. The average Bonchev–Trinajstić information content (AvgIpc) is 2.71. The van der Waals surface area contributed by atoms with Crippen molar-refractivity contribution in [2.75, 3.05) is 25.1 Å². The fourth-order valence-corrected chi connectivity index (χ4v) is 3.51. The monoisotopic (exact) mass is 473 g/mol. The number of halogens is 3. The number of hydrogen-bond acceptors (Lipinski definition) is 5. The normalized spacial score (nSPS) is 17.1. The number of amides is 2. The minimum atomic E-state index is -4.74. The number of carbonyl (C=O) groups is 2. The highest BCUT2D eigenvalue weighted by molar-refractivity contribution is 5.88. The van der Waals surface area contributed by atoms with Gasteiger partial charge in [0.1, 0.15) is 11.8 Å². The molecule has 0 saturated carbocycles. The number of alkyl halides is 3. The van der Waals surface area contributed by atoms with Crippen LogP contribution in [0.25, 0.3) is 0 Å². The highest BCUT2D eigenvalue weighted by Crippen LogP contribution is 2.24. The second kappa shape index (κ2) is 11.6. The Hall–Kier alpha value is -2.49. The molecule has 1 aromatic rings. The number of ether oxygens (including phenoxy) is 2. The molecule has 1 fully saturated rings. The Balaban J connectivity index is 1.89. The molecular formula is C23H34F3N3O4. The summed E-state index contributed by atoms with van der Waals surface area (Å²) in [6.07, 6.45) is -2.97. The number of rotatable bonds is 9. The van der Waals surface area contributed by atoms with E-state index in [0.717, 1.165) is 0 Å². The van der Waals surface area contributed by atoms with Crippen molar-refractivity contribution < 1.29 is 32.2 Å². The van der Waals surface area contributed by atoms with Crippen LogP contribution in [0.4, 0.5) is 18.9 Å². The van der Waals surface area contributed by atoms with Gasteiger partial charge in [-0.2, -0.15) is 0 Å². The van der Waals surface area contributed by atoms with E-state index >= 15 is 0 Å². The molecule has 0 radical (unpaired) electrons. The number of hydrogen-bond donors (Lipinski definition) is 3. The molecule has 0 unspecified atom stereocenters. The van der Waals surface area contributed by atoms with E-state index in [2.05, 4.69) is 20.7 Å². The van der Waals surface area contributed by atoms with Gasteiger partial charge in [0.2, 0.25) is 11.8 Å². The van der Waals surface area contributed by atoms with Crippen molar-refractivity contribution in [3.63, 3.8) is 0 Å². The van der Waals surface area contributed by atoms with Crippen molar-refractivity contribution in [3.8, 4) is 5.75 Å². The Morgan fingerprint density at radius 3 is 2.24 bits per heavy atom. The summed E-state index contributed by atoms with van der Waals surface area (Å²) in [5.41, 5.74) is 0.414. The van der Waals surface area contributed by atoms with Gasteiger partial charge >= 0.3 is 6.36 Å². The van der Waals surface area contributed by atoms with E-state index in [1.54, 1.807) is 6.92 Å². The van der Waals surface area contributed by atoms with Crippen LogP contribution in [0.5, 0.6) is 5.75 Å². The van der Waals surface area contributed by atoms with Crippen molar-refractivity contribution in [1.29, 1.82) is 0 Å². The van der Waals surface area contributed by atoms with Gasteiger partial charge < -0.3 is 25.4 Å². The Bertz CT molecular complexity index is 773. The van der Waals surface area contributed by atoms with E-state index in [-0.39, 0.29) is 34.9 Å². The SMILES string of the molecule is C[C@@H](CNc1ccc(OC(F)(F)F)cc1)NC(=O)[C@H](CC(C)(C)C)NC(=O)C1CCOCC1. The summed E-state index contributed by atoms with van der Waals surface area (Å²) in [5, 5.41) is 8.89. The maximum atomic E-state index is 12.9. The zero-order chi connectivity index (χ0) is 24.6. The molecule has 0 spiro atoms. The van der Waals surface area contributed by atoms with E-state index in [0.29, 0.717) is 44.7 Å². The highest BCUT2D eigenvalue weighted by Gasteiger charge is 2.31. The van der Waals surface area contributed by atoms with Crippen LogP contribution < -0.4 is 20.7 Å². The molecule has 7 nitrogen and oxygen atoms in total. The van der Waals surface area contributed by atoms with Crippen LogP contribution >= 0.6 is 0 Å². The van der Waals surface area contributed by atoms with Crippen LogP contribution in [-0.2, 0) is 14.3 Å². The van der Waals surface area contributed by atoms with Crippen LogP contribution in [0.1, 0.15) is 47.0 Å². The minimum absolute atomic E-state index is 0.130. The number of anilines is 1. The number of benzene rings is 1. The second-order valence-electron chi connectivity index (χ2n) is 9.58. The summed E-state index contributed by atoms with van der Waals surface area (Å²) >= 11 is 0. The largest absolute Gasteiger partial charge is 0.573 e. The van der Waals surface area contributed by atoms with Crippen LogP contribution in [0.2, 0.25) is 0 Å². The van der Waals surface area contributed by atoms with Crippen molar-refractivity contribution >= 4 is 17.5 Å². The molecule has 1 aromatic carbocycles. The van der Waals surface area contributed by atoms with Gasteiger partial charge in [0.05, 0.1) is 0 Å². The van der Waals surface area contributed by atoms with Crippen LogP contribution in [0, 0.1) is 11.3 Å². The van der Waals surface area contributed by atoms with E-state index in [9.17, 15) is 22.8 Å². The van der Waals surface area contributed by atoms with Gasteiger partial charge in [-0.3, -0.25) is 9.59 Å². The summed E-state index contributed by atoms with van der Waals surface area (Å²) in [6, 6.07) is 4.40. The molecule has 2 atom stereocenters. The van der Waals surface area contributed by atoms with Crippen molar-refractivity contribution in [2.24, 2.45) is 11.3 Å². The molecule has 10 heteroatoms. The van der Waals surface area contributed by atoms with Gasteiger partial charge in [0.15, 0.2) is 0 Å². The maximum Gasteiger partial charge on any atom is 0.573 e. The number of nitrogens with one attached hydrogen (secondary N) is 3. The summed E-state index contributed by atoms with van der Waals surface area (Å²) < 4.78 is 45.9. The third-order valence-corrected chi connectivity index (χ3v) is 5.13. The third-order valence-electron chi connectivity index (χ3n) is 5.13. The molecule has 186 valence electrons. The first kappa shape index (κ1) is 26.8. The average molecular weight is 474 g/mol. The minimum Gasteiger partial charge on any atom is -0.406 e. The molecule has 1 aliphatic heterocycles. The van der Waals surface area contributed by atoms with Crippen molar-refractivity contribution in [3.05, 3.63) is 24.3 Å². The smallest absolute Gasteiger partial charge is 0.406 e. The molecule has 0 bridgehead atoms. The number of carbonyl (C=O) groups excluding carboxylic acids is 2. The third kappa shape index (κ3) is 10.3. The van der Waals surface area contributed by atoms with Crippen LogP contribution in [-0.4, -0.2) is 50.0 Å². The van der Waals surface area contributed by atoms with Gasteiger partial charge in [-0.25, -0.2) is 0 Å². The molecule has 0 aromatic heterocycles. The zero-order valence-corrected chi connectivity index (χ0v) is 19.6. The molecule has 0 aliphatic carbocycles. The van der Waals surface area contributed by atoms with Crippen LogP contribution in [0.15, 0.2) is 24.3 Å². The lowest BCUT2D eigenvalue weighted by molar-refractivity contribution is -0.274. The fourth-order valence-electron chi connectivity index (χ4n) is 3.51. The van der Waals surface area contributed by atoms with Crippen LogP contribution in [0.3, 0.4) is 0 Å². The zero-order valence-electron chi connectivity index (χ0n) is 19.6. The Morgan fingerprint density at radius 1 is 1.09 bits per heavy atom. The van der Waals surface area contributed by atoms with Gasteiger partial charge in [0.25, 0.3) is 0 Å². The molecule has 2 amide bonds. The molecule has 3 N–H and O–H groups in total. The van der Waals surface area contributed by atoms with Gasteiger partial charge in [-0.05, 0) is 55.9 Å². The first-order valence-corrected chi connectivity index (χ1v) is 11.1. The van der Waals surface area contributed by atoms with E-state index in [1.807, 2.05) is 20.8 Å². The lowest BCUT2D eigenvalue weighted by atomic mass is 9.87. The fraction of sp³-hybridized carbons (Fsp3) is 0.652. The van der Waals surface area contributed by atoms with Gasteiger partial charge in [-0.15, -0.1) is 13.2 Å². The highest BCUT2D eigenvalue weighted by atomic mass is 19.4. The summed E-state index contributed by atoms with van der Waals surface area (Å²) in [5.74, 6) is -0.861. The first-order valence-electron chi connectivity index (χ1n) is 11.1. The molecule has 1 heterocycles. The Labute approximate surface area is 192 Å². The first-order chi connectivity index (χ1) is 15.3. The standard InChI is InChI=1S/C23H34F3N3O4/c1-15(14-27-17-5-7-18(8-6-17)33-23(24,25)26)28-21(31)19(13-22(2,3)4)29-20(30)16-9-11-32-12-10-16/h5-8,15-16,19,27H,9-14H2,1-4H3,(H,28,31)(H,29,30)/t15-,19-/m0/s1. The quantitative estimate of drug-likeness (QED) is 0.507.